The molecule has 0 saturated heterocycles. The average Bonchev–Trinajstić information content (AvgIpc) is 2.68. The van der Waals surface area contributed by atoms with Crippen LogP contribution in [0.5, 0.6) is 5.75 Å². The molecule has 2 N–H and O–H groups in total. The molecule has 0 unspecified atom stereocenters. The Kier molecular flexibility index (Phi) is 6.08. The Labute approximate surface area is 154 Å². The topological polar surface area (TPSA) is 54.4 Å². The number of rotatable bonds is 8. The van der Waals surface area contributed by atoms with Crippen LogP contribution in [-0.4, -0.2) is 30.4 Å². The van der Waals surface area contributed by atoms with Gasteiger partial charge in [-0.3, -0.25) is 0 Å². The largest absolute Gasteiger partial charge is 0.497 e. The van der Waals surface area contributed by atoms with E-state index in [1.807, 2.05) is 18.3 Å². The first-order valence-corrected chi connectivity index (χ1v) is 9.12. The summed E-state index contributed by atoms with van der Waals surface area (Å²) in [5.74, 6) is 1.77. The van der Waals surface area contributed by atoms with Crippen LogP contribution in [0.15, 0.2) is 48.7 Å². The molecule has 0 fully saturated rings. The molecular formula is C22H26N2O2. The van der Waals surface area contributed by atoms with Gasteiger partial charge in [0.1, 0.15) is 11.6 Å². The van der Waals surface area contributed by atoms with Gasteiger partial charge in [0.2, 0.25) is 0 Å². The number of benzene rings is 2. The fraction of sp³-hybridized carbons (Fsp3) is 0.318. The highest BCUT2D eigenvalue weighted by Crippen LogP contribution is 2.34. The Morgan fingerprint density at radius 1 is 1.04 bits per heavy atom. The van der Waals surface area contributed by atoms with Gasteiger partial charge < -0.3 is 15.2 Å². The lowest BCUT2D eigenvalue weighted by molar-refractivity contribution is 0.283. The molecule has 0 saturated carbocycles. The van der Waals surface area contributed by atoms with Gasteiger partial charge in [-0.25, -0.2) is 4.98 Å². The molecule has 0 aliphatic rings. The number of aryl methyl sites for hydroxylation is 1. The van der Waals surface area contributed by atoms with E-state index < -0.39 is 0 Å². The predicted octanol–water partition coefficient (Wildman–Crippen LogP) is 4.79. The van der Waals surface area contributed by atoms with Crippen LogP contribution in [0.1, 0.15) is 24.8 Å². The van der Waals surface area contributed by atoms with Crippen molar-refractivity contribution in [3.05, 3.63) is 54.2 Å². The van der Waals surface area contributed by atoms with Crippen molar-refractivity contribution in [3.8, 4) is 16.9 Å². The minimum Gasteiger partial charge on any atom is -0.497 e. The summed E-state index contributed by atoms with van der Waals surface area (Å²) in [7, 11) is 1.68. The quantitative estimate of drug-likeness (QED) is 0.573. The number of ether oxygens (including phenoxy) is 1. The first-order chi connectivity index (χ1) is 12.7. The number of hydrogen-bond donors (Lipinski definition) is 2. The fourth-order valence-corrected chi connectivity index (χ4v) is 3.24. The first-order valence-electron chi connectivity index (χ1n) is 9.12. The number of aromatic nitrogens is 1. The third-order valence-electron chi connectivity index (χ3n) is 4.65. The molecule has 4 nitrogen and oxygen atoms in total. The van der Waals surface area contributed by atoms with Gasteiger partial charge in [0.15, 0.2) is 0 Å². The molecule has 3 aromatic rings. The summed E-state index contributed by atoms with van der Waals surface area (Å²) in [5.41, 5.74) is 3.50. The molecule has 0 spiro atoms. The molecule has 0 amide bonds. The van der Waals surface area contributed by atoms with E-state index in [0.29, 0.717) is 0 Å². The van der Waals surface area contributed by atoms with Gasteiger partial charge in [-0.1, -0.05) is 30.3 Å². The van der Waals surface area contributed by atoms with Crippen molar-refractivity contribution in [2.45, 2.75) is 26.2 Å². The van der Waals surface area contributed by atoms with Gasteiger partial charge in [0.25, 0.3) is 0 Å². The maximum Gasteiger partial charge on any atom is 0.133 e. The minimum atomic E-state index is 0.261. The van der Waals surface area contributed by atoms with Gasteiger partial charge in [-0.05, 0) is 54.8 Å². The molecule has 26 heavy (non-hydrogen) atoms. The number of nitrogens with zero attached hydrogens (tertiary/aromatic N) is 1. The third-order valence-corrected chi connectivity index (χ3v) is 4.65. The van der Waals surface area contributed by atoms with Crippen molar-refractivity contribution in [1.29, 1.82) is 0 Å². The molecule has 0 bridgehead atoms. The van der Waals surface area contributed by atoms with Crippen LogP contribution in [0.25, 0.3) is 21.9 Å². The standard InChI is InChI=1S/C22H26N2O2/c1-16-7-6-8-19-21(16)20(17-9-11-18(26-2)12-10-17)15-24-22(19)23-13-4-3-5-14-25/h6-12,15,25H,3-5,13-14H2,1-2H3,(H,23,24). The number of methoxy groups -OCH3 is 1. The second kappa shape index (κ2) is 8.68. The minimum absolute atomic E-state index is 0.261. The van der Waals surface area contributed by atoms with Crippen LogP contribution in [0, 0.1) is 6.92 Å². The lowest BCUT2D eigenvalue weighted by Crippen LogP contribution is -2.05. The Balaban J connectivity index is 1.94. The highest BCUT2D eigenvalue weighted by atomic mass is 16.5. The van der Waals surface area contributed by atoms with Crippen molar-refractivity contribution in [1.82, 2.24) is 4.98 Å². The van der Waals surface area contributed by atoms with Crippen molar-refractivity contribution < 1.29 is 9.84 Å². The first kappa shape index (κ1) is 18.2. The van der Waals surface area contributed by atoms with Crippen LogP contribution in [0.3, 0.4) is 0 Å². The highest BCUT2D eigenvalue weighted by Gasteiger charge is 2.11. The summed E-state index contributed by atoms with van der Waals surface area (Å²) in [4.78, 5) is 4.69. The molecular weight excluding hydrogens is 324 g/mol. The van der Waals surface area contributed by atoms with Gasteiger partial charge in [0.05, 0.1) is 7.11 Å². The van der Waals surface area contributed by atoms with Gasteiger partial charge in [-0.2, -0.15) is 0 Å². The van der Waals surface area contributed by atoms with Crippen molar-refractivity contribution >= 4 is 16.6 Å². The normalized spacial score (nSPS) is 10.9. The van der Waals surface area contributed by atoms with E-state index in [1.54, 1.807) is 7.11 Å². The Bertz CT molecular complexity index is 860. The Morgan fingerprint density at radius 2 is 1.85 bits per heavy atom. The number of fused-ring (bicyclic) bond motifs is 1. The summed E-state index contributed by atoms with van der Waals surface area (Å²) in [6.07, 6.45) is 4.85. The molecule has 4 heteroatoms. The van der Waals surface area contributed by atoms with E-state index in [-0.39, 0.29) is 6.61 Å². The fourth-order valence-electron chi connectivity index (χ4n) is 3.24. The SMILES string of the molecule is COc1ccc(-c2cnc(NCCCCCO)c3cccc(C)c23)cc1. The van der Waals surface area contributed by atoms with Gasteiger partial charge in [0, 0.05) is 30.3 Å². The summed E-state index contributed by atoms with van der Waals surface area (Å²) >= 11 is 0. The molecule has 2 aromatic carbocycles. The molecule has 3 rings (SSSR count). The number of hydrogen-bond acceptors (Lipinski definition) is 4. The number of aliphatic hydroxyl groups excluding tert-OH is 1. The number of unbranched alkanes of at least 4 members (excludes halogenated alkanes) is 2. The maximum atomic E-state index is 8.89. The molecule has 0 aliphatic heterocycles. The van der Waals surface area contributed by atoms with Crippen molar-refractivity contribution in [3.63, 3.8) is 0 Å². The van der Waals surface area contributed by atoms with E-state index in [9.17, 15) is 0 Å². The molecule has 0 atom stereocenters. The molecule has 1 heterocycles. The molecule has 1 aromatic heterocycles. The molecule has 0 aliphatic carbocycles. The smallest absolute Gasteiger partial charge is 0.133 e. The molecule has 0 radical (unpaired) electrons. The van der Waals surface area contributed by atoms with Crippen LogP contribution >= 0.6 is 0 Å². The number of pyridine rings is 1. The number of nitrogens with one attached hydrogen (secondary N) is 1. The predicted molar refractivity (Wildman–Crippen MR) is 108 cm³/mol. The zero-order valence-electron chi connectivity index (χ0n) is 15.5. The summed E-state index contributed by atoms with van der Waals surface area (Å²) < 4.78 is 5.27. The van der Waals surface area contributed by atoms with E-state index in [0.717, 1.165) is 53.9 Å². The summed E-state index contributed by atoms with van der Waals surface area (Å²) in [6, 6.07) is 14.4. The number of anilines is 1. The van der Waals surface area contributed by atoms with Gasteiger partial charge in [-0.15, -0.1) is 0 Å². The third kappa shape index (κ3) is 3.97. The van der Waals surface area contributed by atoms with Crippen molar-refractivity contribution in [2.24, 2.45) is 0 Å². The lowest BCUT2D eigenvalue weighted by atomic mass is 9.97. The van der Waals surface area contributed by atoms with E-state index >= 15 is 0 Å². The number of aliphatic hydroxyl groups is 1. The second-order valence-electron chi connectivity index (χ2n) is 6.46. The van der Waals surface area contributed by atoms with Crippen molar-refractivity contribution in [2.75, 3.05) is 25.6 Å². The Morgan fingerprint density at radius 3 is 2.58 bits per heavy atom. The Hall–Kier alpha value is -2.59. The summed E-state index contributed by atoms with van der Waals surface area (Å²) in [5, 5.41) is 14.7. The van der Waals surface area contributed by atoms with E-state index in [4.69, 9.17) is 14.8 Å². The average molecular weight is 350 g/mol. The van der Waals surface area contributed by atoms with E-state index in [1.165, 1.54) is 10.9 Å². The van der Waals surface area contributed by atoms with Crippen LogP contribution in [0.4, 0.5) is 5.82 Å². The second-order valence-corrected chi connectivity index (χ2v) is 6.46. The zero-order valence-corrected chi connectivity index (χ0v) is 15.5. The van der Waals surface area contributed by atoms with Gasteiger partial charge >= 0.3 is 0 Å². The lowest BCUT2D eigenvalue weighted by Gasteiger charge is -2.14. The monoisotopic (exact) mass is 350 g/mol. The highest BCUT2D eigenvalue weighted by molar-refractivity contribution is 6.03. The van der Waals surface area contributed by atoms with E-state index in [2.05, 4.69) is 42.6 Å². The molecule has 136 valence electrons. The van der Waals surface area contributed by atoms with Crippen LogP contribution in [0.2, 0.25) is 0 Å². The maximum absolute atomic E-state index is 8.89. The summed E-state index contributed by atoms with van der Waals surface area (Å²) in [6.45, 7) is 3.26. The van der Waals surface area contributed by atoms with Crippen LogP contribution in [-0.2, 0) is 0 Å². The zero-order chi connectivity index (χ0) is 18.4. The van der Waals surface area contributed by atoms with Crippen LogP contribution < -0.4 is 10.1 Å².